The maximum Gasteiger partial charge on any atom is 0.222 e. The third-order valence-corrected chi connectivity index (χ3v) is 6.12. The molecule has 0 spiro atoms. The van der Waals surface area contributed by atoms with E-state index in [1.54, 1.807) is 0 Å². The van der Waals surface area contributed by atoms with Crippen LogP contribution in [0, 0.1) is 5.92 Å². The Hall–Kier alpha value is -1.89. The van der Waals surface area contributed by atoms with Crippen molar-refractivity contribution in [2.75, 3.05) is 62.3 Å². The summed E-state index contributed by atoms with van der Waals surface area (Å²) in [6.45, 7) is 6.49. The fraction of sp³-hybridized carbons (Fsp3) is 0.750. The van der Waals surface area contributed by atoms with E-state index in [0.717, 1.165) is 70.5 Å². The molecule has 3 heterocycles. The van der Waals surface area contributed by atoms with Crippen molar-refractivity contribution >= 4 is 17.5 Å². The van der Waals surface area contributed by atoms with Gasteiger partial charge in [0.05, 0.1) is 13.2 Å². The van der Waals surface area contributed by atoms with Crippen LogP contribution < -0.4 is 9.80 Å². The second kappa shape index (κ2) is 8.87. The first-order valence-corrected chi connectivity index (χ1v) is 10.5. The van der Waals surface area contributed by atoms with Crippen molar-refractivity contribution in [2.24, 2.45) is 5.92 Å². The fourth-order valence-electron chi connectivity index (χ4n) is 4.40. The van der Waals surface area contributed by atoms with Crippen LogP contribution in [-0.4, -0.2) is 73.5 Å². The molecule has 7 heteroatoms. The quantitative estimate of drug-likeness (QED) is 0.804. The molecule has 1 aliphatic carbocycles. The highest BCUT2D eigenvalue weighted by Crippen LogP contribution is 2.27. The van der Waals surface area contributed by atoms with Crippen molar-refractivity contribution in [3.05, 3.63) is 12.1 Å². The van der Waals surface area contributed by atoms with Crippen molar-refractivity contribution in [1.82, 2.24) is 15.1 Å². The number of hydrogen-bond donors (Lipinski definition) is 0. The molecule has 1 aromatic heterocycles. The third kappa shape index (κ3) is 4.69. The van der Waals surface area contributed by atoms with Crippen LogP contribution in [0.1, 0.15) is 38.5 Å². The largest absolute Gasteiger partial charge is 0.378 e. The highest BCUT2D eigenvalue weighted by atomic mass is 16.5. The highest BCUT2D eigenvalue weighted by Gasteiger charge is 2.25. The minimum atomic E-state index is 0.343. The van der Waals surface area contributed by atoms with Gasteiger partial charge in [0, 0.05) is 45.7 Å². The lowest BCUT2D eigenvalue weighted by atomic mass is 9.86. The highest BCUT2D eigenvalue weighted by molar-refractivity contribution is 5.76. The van der Waals surface area contributed by atoms with Crippen molar-refractivity contribution in [3.63, 3.8) is 0 Å². The number of anilines is 2. The van der Waals surface area contributed by atoms with E-state index in [4.69, 9.17) is 4.74 Å². The number of hydrogen-bond acceptors (Lipinski definition) is 6. The standard InChI is InChI=1S/C20H31N5O2/c26-20(16-17-4-2-1-3-5-17)25-10-8-23(9-11-25)18-6-7-19(22-21-18)24-12-14-27-15-13-24/h6-7,17H,1-5,8-16H2. The Balaban J connectivity index is 1.26. The van der Waals surface area contributed by atoms with Crippen molar-refractivity contribution in [1.29, 1.82) is 0 Å². The molecule has 0 atom stereocenters. The molecular formula is C20H31N5O2. The molecule has 0 N–H and O–H groups in total. The molecular weight excluding hydrogens is 342 g/mol. The Labute approximate surface area is 161 Å². The van der Waals surface area contributed by atoms with Crippen LogP contribution in [0.15, 0.2) is 12.1 Å². The van der Waals surface area contributed by atoms with Gasteiger partial charge < -0.3 is 19.4 Å². The predicted octanol–water partition coefficient (Wildman–Crippen LogP) is 1.93. The van der Waals surface area contributed by atoms with E-state index in [9.17, 15) is 4.79 Å². The molecule has 3 fully saturated rings. The smallest absolute Gasteiger partial charge is 0.222 e. The summed E-state index contributed by atoms with van der Waals surface area (Å²) < 4.78 is 5.39. The molecule has 4 rings (SSSR count). The van der Waals surface area contributed by atoms with Crippen molar-refractivity contribution in [2.45, 2.75) is 38.5 Å². The molecule has 2 aliphatic heterocycles. The van der Waals surface area contributed by atoms with Crippen LogP contribution >= 0.6 is 0 Å². The molecule has 0 bridgehead atoms. The van der Waals surface area contributed by atoms with E-state index < -0.39 is 0 Å². The molecule has 1 amide bonds. The number of rotatable bonds is 4. The van der Waals surface area contributed by atoms with E-state index in [2.05, 4.69) is 26.1 Å². The average Bonchev–Trinajstić information content (AvgIpc) is 2.75. The monoisotopic (exact) mass is 373 g/mol. The second-order valence-electron chi connectivity index (χ2n) is 7.93. The molecule has 0 aromatic carbocycles. The van der Waals surface area contributed by atoms with E-state index in [-0.39, 0.29) is 0 Å². The Morgan fingerprint density at radius 1 is 0.889 bits per heavy atom. The third-order valence-electron chi connectivity index (χ3n) is 6.12. The van der Waals surface area contributed by atoms with Gasteiger partial charge >= 0.3 is 0 Å². The fourth-order valence-corrected chi connectivity index (χ4v) is 4.40. The van der Waals surface area contributed by atoms with Crippen LogP contribution in [0.4, 0.5) is 11.6 Å². The summed E-state index contributed by atoms with van der Waals surface area (Å²) in [5, 5.41) is 8.84. The van der Waals surface area contributed by atoms with Crippen molar-refractivity contribution in [3.8, 4) is 0 Å². The van der Waals surface area contributed by atoms with Crippen molar-refractivity contribution < 1.29 is 9.53 Å². The molecule has 0 radical (unpaired) electrons. The Morgan fingerprint density at radius 2 is 1.48 bits per heavy atom. The van der Waals surface area contributed by atoms with Gasteiger partial charge in [0.25, 0.3) is 0 Å². The number of amides is 1. The van der Waals surface area contributed by atoms with Crippen LogP contribution in [0.3, 0.4) is 0 Å². The summed E-state index contributed by atoms with van der Waals surface area (Å²) in [6.07, 6.45) is 7.14. The SMILES string of the molecule is O=C(CC1CCCCC1)N1CCN(c2ccc(N3CCOCC3)nn2)CC1. The maximum absolute atomic E-state index is 12.6. The van der Waals surface area contributed by atoms with Gasteiger partial charge in [-0.3, -0.25) is 4.79 Å². The molecule has 7 nitrogen and oxygen atoms in total. The molecule has 1 aromatic rings. The number of carbonyl (C=O) groups is 1. The minimum Gasteiger partial charge on any atom is -0.378 e. The second-order valence-corrected chi connectivity index (χ2v) is 7.93. The zero-order chi connectivity index (χ0) is 18.5. The maximum atomic E-state index is 12.6. The number of morpholine rings is 1. The summed E-state index contributed by atoms with van der Waals surface area (Å²) in [4.78, 5) is 19.1. The Bertz CT molecular complexity index is 603. The molecule has 27 heavy (non-hydrogen) atoms. The van der Waals surface area contributed by atoms with Gasteiger partial charge in [0.1, 0.15) is 0 Å². The first kappa shape index (κ1) is 18.5. The lowest BCUT2D eigenvalue weighted by molar-refractivity contribution is -0.132. The lowest BCUT2D eigenvalue weighted by Crippen LogP contribution is -2.49. The van der Waals surface area contributed by atoms with E-state index in [1.807, 2.05) is 11.0 Å². The summed E-state index contributed by atoms with van der Waals surface area (Å²) >= 11 is 0. The Morgan fingerprint density at radius 3 is 2.07 bits per heavy atom. The van der Waals surface area contributed by atoms with Gasteiger partial charge in [-0.25, -0.2) is 0 Å². The van der Waals surface area contributed by atoms with Gasteiger partial charge in [-0.05, 0) is 30.9 Å². The number of nitrogens with zero attached hydrogens (tertiary/aromatic N) is 5. The first-order chi connectivity index (χ1) is 13.3. The molecule has 148 valence electrons. The van der Waals surface area contributed by atoms with Gasteiger partial charge in [-0.1, -0.05) is 19.3 Å². The number of piperazine rings is 1. The van der Waals surface area contributed by atoms with E-state index >= 15 is 0 Å². The van der Waals surface area contributed by atoms with Crippen LogP contribution in [0.25, 0.3) is 0 Å². The normalized spacial score (nSPS) is 22.1. The zero-order valence-corrected chi connectivity index (χ0v) is 16.2. The summed E-state index contributed by atoms with van der Waals surface area (Å²) in [6, 6.07) is 4.10. The van der Waals surface area contributed by atoms with Gasteiger partial charge in [0.15, 0.2) is 11.6 Å². The minimum absolute atomic E-state index is 0.343. The number of aromatic nitrogens is 2. The Kier molecular flexibility index (Phi) is 6.07. The predicted molar refractivity (Wildman–Crippen MR) is 105 cm³/mol. The lowest BCUT2D eigenvalue weighted by Gasteiger charge is -2.36. The molecule has 1 saturated carbocycles. The number of ether oxygens (including phenoxy) is 1. The van der Waals surface area contributed by atoms with Gasteiger partial charge in [-0.2, -0.15) is 0 Å². The summed E-state index contributed by atoms with van der Waals surface area (Å²) in [5.41, 5.74) is 0. The summed E-state index contributed by atoms with van der Waals surface area (Å²) in [5.74, 6) is 2.79. The zero-order valence-electron chi connectivity index (χ0n) is 16.2. The average molecular weight is 374 g/mol. The van der Waals surface area contributed by atoms with E-state index in [1.165, 1.54) is 32.1 Å². The molecule has 0 unspecified atom stereocenters. The first-order valence-electron chi connectivity index (χ1n) is 10.5. The number of carbonyl (C=O) groups excluding carboxylic acids is 1. The summed E-state index contributed by atoms with van der Waals surface area (Å²) in [7, 11) is 0. The molecule has 2 saturated heterocycles. The van der Waals surface area contributed by atoms with Crippen LogP contribution in [0.5, 0.6) is 0 Å². The van der Waals surface area contributed by atoms with Crippen LogP contribution in [-0.2, 0) is 9.53 Å². The van der Waals surface area contributed by atoms with Gasteiger partial charge in [-0.15, -0.1) is 10.2 Å². The van der Waals surface area contributed by atoms with Gasteiger partial charge in [0.2, 0.25) is 5.91 Å². The topological polar surface area (TPSA) is 61.8 Å². The molecule has 3 aliphatic rings. The van der Waals surface area contributed by atoms with Crippen LogP contribution in [0.2, 0.25) is 0 Å². The van der Waals surface area contributed by atoms with E-state index in [0.29, 0.717) is 11.8 Å².